The standard InChI is InChI=1S/C16H14Cl3NO2/c17-12-3-1-2-11(15(12)19)9-20-8-10-6-13(18)16-14(7-10)21-4-5-22-16/h1-3,6-7,20H,4-5,8-9H2. The number of fused-ring (bicyclic) bond motifs is 1. The van der Waals surface area contributed by atoms with Crippen molar-refractivity contribution in [2.45, 2.75) is 13.1 Å². The Morgan fingerprint density at radius 3 is 2.64 bits per heavy atom. The smallest absolute Gasteiger partial charge is 0.179 e. The number of halogens is 3. The molecule has 1 aliphatic heterocycles. The molecule has 0 aromatic heterocycles. The Morgan fingerprint density at radius 2 is 1.77 bits per heavy atom. The van der Waals surface area contributed by atoms with Crippen LogP contribution in [0.4, 0.5) is 0 Å². The third-order valence-corrected chi connectivity index (χ3v) is 4.47. The molecule has 0 saturated heterocycles. The number of hydrogen-bond donors (Lipinski definition) is 1. The second kappa shape index (κ2) is 6.97. The number of ether oxygens (including phenoxy) is 2. The van der Waals surface area contributed by atoms with Gasteiger partial charge in [0.1, 0.15) is 13.2 Å². The van der Waals surface area contributed by atoms with Crippen molar-refractivity contribution in [2.24, 2.45) is 0 Å². The van der Waals surface area contributed by atoms with E-state index in [1.165, 1.54) is 0 Å². The lowest BCUT2D eigenvalue weighted by Crippen LogP contribution is -2.17. The van der Waals surface area contributed by atoms with Crippen LogP contribution < -0.4 is 14.8 Å². The van der Waals surface area contributed by atoms with Gasteiger partial charge in [0.2, 0.25) is 0 Å². The maximum atomic E-state index is 6.22. The summed E-state index contributed by atoms with van der Waals surface area (Å²) < 4.78 is 11.1. The van der Waals surface area contributed by atoms with E-state index in [9.17, 15) is 0 Å². The van der Waals surface area contributed by atoms with Crippen molar-refractivity contribution < 1.29 is 9.47 Å². The van der Waals surface area contributed by atoms with Gasteiger partial charge >= 0.3 is 0 Å². The third-order valence-electron chi connectivity index (χ3n) is 3.33. The van der Waals surface area contributed by atoms with Crippen LogP contribution >= 0.6 is 34.8 Å². The number of rotatable bonds is 4. The summed E-state index contributed by atoms with van der Waals surface area (Å²) in [5.74, 6) is 1.31. The fraction of sp³-hybridized carbons (Fsp3) is 0.250. The van der Waals surface area contributed by atoms with Crippen LogP contribution in [0.1, 0.15) is 11.1 Å². The summed E-state index contributed by atoms with van der Waals surface area (Å²) in [6.07, 6.45) is 0. The minimum atomic E-state index is 0.525. The molecule has 6 heteroatoms. The summed E-state index contributed by atoms with van der Waals surface area (Å²) in [6, 6.07) is 9.41. The Kier molecular flexibility index (Phi) is 4.99. The topological polar surface area (TPSA) is 30.5 Å². The molecule has 22 heavy (non-hydrogen) atoms. The SMILES string of the molecule is Clc1cccc(CNCc2cc(Cl)c3c(c2)OCCO3)c1Cl. The highest BCUT2D eigenvalue weighted by Crippen LogP contribution is 2.38. The van der Waals surface area contributed by atoms with E-state index in [-0.39, 0.29) is 0 Å². The predicted molar refractivity (Wildman–Crippen MR) is 89.4 cm³/mol. The Morgan fingerprint density at radius 1 is 0.955 bits per heavy atom. The first-order chi connectivity index (χ1) is 10.6. The van der Waals surface area contributed by atoms with E-state index in [1.54, 1.807) is 6.07 Å². The van der Waals surface area contributed by atoms with E-state index in [2.05, 4.69) is 5.32 Å². The van der Waals surface area contributed by atoms with Gasteiger partial charge in [-0.3, -0.25) is 0 Å². The molecule has 0 amide bonds. The van der Waals surface area contributed by atoms with Gasteiger partial charge in [0.05, 0.1) is 15.1 Å². The highest BCUT2D eigenvalue weighted by molar-refractivity contribution is 6.42. The lowest BCUT2D eigenvalue weighted by atomic mass is 10.1. The molecule has 2 aromatic rings. The Balaban J connectivity index is 1.67. The van der Waals surface area contributed by atoms with Gasteiger partial charge < -0.3 is 14.8 Å². The summed E-state index contributed by atoms with van der Waals surface area (Å²) >= 11 is 18.4. The van der Waals surface area contributed by atoms with Gasteiger partial charge in [-0.15, -0.1) is 0 Å². The Labute approximate surface area is 144 Å². The second-order valence-corrected chi connectivity index (χ2v) is 6.11. The molecular formula is C16H14Cl3NO2. The normalized spacial score (nSPS) is 13.2. The summed E-state index contributed by atoms with van der Waals surface area (Å²) in [4.78, 5) is 0. The van der Waals surface area contributed by atoms with Crippen LogP contribution in [0.2, 0.25) is 15.1 Å². The highest BCUT2D eigenvalue weighted by atomic mass is 35.5. The molecule has 1 heterocycles. The summed E-state index contributed by atoms with van der Waals surface area (Å²) in [7, 11) is 0. The molecule has 0 bridgehead atoms. The Hall–Kier alpha value is -1.13. The summed E-state index contributed by atoms with van der Waals surface area (Å²) in [6.45, 7) is 2.32. The monoisotopic (exact) mass is 357 g/mol. The van der Waals surface area contributed by atoms with E-state index in [1.807, 2.05) is 24.3 Å². The number of nitrogens with one attached hydrogen (secondary N) is 1. The highest BCUT2D eigenvalue weighted by Gasteiger charge is 2.16. The molecule has 0 atom stereocenters. The van der Waals surface area contributed by atoms with E-state index in [4.69, 9.17) is 44.3 Å². The van der Waals surface area contributed by atoms with Gasteiger partial charge in [0.25, 0.3) is 0 Å². The fourth-order valence-corrected chi connectivity index (χ4v) is 2.97. The van der Waals surface area contributed by atoms with Crippen LogP contribution in [-0.2, 0) is 13.1 Å². The molecule has 0 radical (unpaired) electrons. The fourth-order valence-electron chi connectivity index (χ4n) is 2.29. The first-order valence-electron chi connectivity index (χ1n) is 6.87. The zero-order valence-electron chi connectivity index (χ0n) is 11.7. The van der Waals surface area contributed by atoms with Crippen molar-refractivity contribution in [3.05, 3.63) is 56.5 Å². The van der Waals surface area contributed by atoms with Crippen molar-refractivity contribution in [2.75, 3.05) is 13.2 Å². The number of benzene rings is 2. The average Bonchev–Trinajstić information content (AvgIpc) is 2.52. The van der Waals surface area contributed by atoms with Crippen molar-refractivity contribution >= 4 is 34.8 Å². The maximum Gasteiger partial charge on any atom is 0.179 e. The van der Waals surface area contributed by atoms with Crippen molar-refractivity contribution in [1.82, 2.24) is 5.32 Å². The number of hydrogen-bond acceptors (Lipinski definition) is 3. The van der Waals surface area contributed by atoms with Crippen LogP contribution in [0.5, 0.6) is 11.5 Å². The molecule has 116 valence electrons. The molecule has 1 N–H and O–H groups in total. The molecule has 0 saturated carbocycles. The second-order valence-electron chi connectivity index (χ2n) is 4.92. The first-order valence-corrected chi connectivity index (χ1v) is 8.00. The zero-order chi connectivity index (χ0) is 15.5. The van der Waals surface area contributed by atoms with Crippen molar-refractivity contribution in [1.29, 1.82) is 0 Å². The van der Waals surface area contributed by atoms with E-state index >= 15 is 0 Å². The van der Waals surface area contributed by atoms with Crippen LogP contribution in [-0.4, -0.2) is 13.2 Å². The molecule has 0 aliphatic carbocycles. The molecule has 0 unspecified atom stereocenters. The molecular weight excluding hydrogens is 345 g/mol. The Bertz CT molecular complexity index is 691. The van der Waals surface area contributed by atoms with Gasteiger partial charge in [-0.25, -0.2) is 0 Å². The molecule has 1 aliphatic rings. The van der Waals surface area contributed by atoms with Gasteiger partial charge in [-0.05, 0) is 29.3 Å². The summed E-state index contributed by atoms with van der Waals surface area (Å²) in [5.41, 5.74) is 1.98. The van der Waals surface area contributed by atoms with Crippen LogP contribution in [0.3, 0.4) is 0 Å². The van der Waals surface area contributed by atoms with Gasteiger partial charge in [-0.1, -0.05) is 46.9 Å². The molecule has 2 aromatic carbocycles. The lowest BCUT2D eigenvalue weighted by Gasteiger charge is -2.20. The van der Waals surface area contributed by atoms with Crippen LogP contribution in [0.25, 0.3) is 0 Å². The van der Waals surface area contributed by atoms with Gasteiger partial charge in [0.15, 0.2) is 11.5 Å². The maximum absolute atomic E-state index is 6.22. The lowest BCUT2D eigenvalue weighted by molar-refractivity contribution is 0.171. The summed E-state index contributed by atoms with van der Waals surface area (Å²) in [5, 5.41) is 5.03. The van der Waals surface area contributed by atoms with E-state index < -0.39 is 0 Å². The predicted octanol–water partition coefficient (Wildman–Crippen LogP) is 4.71. The van der Waals surface area contributed by atoms with Crippen LogP contribution in [0, 0.1) is 0 Å². The van der Waals surface area contributed by atoms with Crippen molar-refractivity contribution in [3.63, 3.8) is 0 Å². The molecule has 3 rings (SSSR count). The minimum Gasteiger partial charge on any atom is -0.486 e. The van der Waals surface area contributed by atoms with Gasteiger partial charge in [-0.2, -0.15) is 0 Å². The molecule has 0 fully saturated rings. The first kappa shape index (κ1) is 15.8. The van der Waals surface area contributed by atoms with Gasteiger partial charge in [0, 0.05) is 13.1 Å². The largest absolute Gasteiger partial charge is 0.486 e. The average molecular weight is 359 g/mol. The zero-order valence-corrected chi connectivity index (χ0v) is 13.9. The van der Waals surface area contributed by atoms with E-state index in [0.29, 0.717) is 52.9 Å². The van der Waals surface area contributed by atoms with Crippen LogP contribution in [0.15, 0.2) is 30.3 Å². The molecule has 3 nitrogen and oxygen atoms in total. The minimum absolute atomic E-state index is 0.525. The molecule has 0 spiro atoms. The third kappa shape index (κ3) is 3.44. The van der Waals surface area contributed by atoms with Crippen molar-refractivity contribution in [3.8, 4) is 11.5 Å². The quantitative estimate of drug-likeness (QED) is 0.858. The van der Waals surface area contributed by atoms with E-state index in [0.717, 1.165) is 11.1 Å².